The summed E-state index contributed by atoms with van der Waals surface area (Å²) in [6, 6.07) is 0. The second-order valence-corrected chi connectivity index (χ2v) is 6.84. The molecule has 0 bridgehead atoms. The zero-order chi connectivity index (χ0) is 16.2. The lowest BCUT2D eigenvalue weighted by molar-refractivity contribution is 0.657. The van der Waals surface area contributed by atoms with E-state index in [9.17, 15) is 0 Å². The number of imidazole rings is 1. The van der Waals surface area contributed by atoms with E-state index in [1.54, 1.807) is 6.33 Å². The quantitative estimate of drug-likeness (QED) is 0.720. The lowest BCUT2D eigenvalue weighted by Gasteiger charge is -2.17. The Labute approximate surface area is 167 Å². The number of H-pyrrole nitrogens is 1. The van der Waals surface area contributed by atoms with E-state index in [4.69, 9.17) is 9.97 Å². The Kier molecular flexibility index (Phi) is 8.13. The van der Waals surface area contributed by atoms with Gasteiger partial charge in [-0.1, -0.05) is 12.8 Å². The number of nitrogens with zero attached hydrogens (tertiary/aromatic N) is 3. The molecule has 0 spiro atoms. The van der Waals surface area contributed by atoms with Crippen molar-refractivity contribution in [3.63, 3.8) is 0 Å². The molecule has 0 radical (unpaired) electrons. The molecule has 2 aromatic heterocycles. The highest BCUT2D eigenvalue weighted by molar-refractivity contribution is 5.85. The van der Waals surface area contributed by atoms with Crippen LogP contribution >= 0.6 is 24.8 Å². The molecule has 0 amide bonds. The molecule has 2 aromatic rings. The van der Waals surface area contributed by atoms with Gasteiger partial charge in [-0.15, -0.1) is 24.8 Å². The van der Waals surface area contributed by atoms with E-state index in [2.05, 4.69) is 20.6 Å². The van der Waals surface area contributed by atoms with Crippen molar-refractivity contribution in [2.24, 2.45) is 0 Å². The van der Waals surface area contributed by atoms with Crippen LogP contribution in [0, 0.1) is 0 Å². The van der Waals surface area contributed by atoms with Crippen molar-refractivity contribution < 1.29 is 0 Å². The maximum absolute atomic E-state index is 4.97. The maximum Gasteiger partial charge on any atom is 0.134 e. The second kappa shape index (κ2) is 10.1. The zero-order valence-corrected chi connectivity index (χ0v) is 16.6. The Hall–Kier alpha value is -1.37. The Morgan fingerprint density at radius 2 is 1.88 bits per heavy atom. The Morgan fingerprint density at radius 1 is 1.08 bits per heavy atom. The molecule has 0 unspecified atom stereocenters. The number of anilines is 1. The molecule has 0 aromatic carbocycles. The Morgan fingerprint density at radius 3 is 2.65 bits per heavy atom. The standard InChI is InChI=1S/C18H26N6.2ClH/c1-2-4-13(3-1)17-23-16-7-9-19-8-6-15(16)18(24-17)21-10-5-14-11-20-12-22-14;;/h11-13,19H,1-10H2,(H,20,22)(H,21,23,24);2*1H. The Bertz CT molecular complexity index is 671. The van der Waals surface area contributed by atoms with Gasteiger partial charge in [0, 0.05) is 49.3 Å². The molecule has 26 heavy (non-hydrogen) atoms. The van der Waals surface area contributed by atoms with E-state index in [0.29, 0.717) is 5.92 Å². The molecule has 3 heterocycles. The maximum atomic E-state index is 4.97. The van der Waals surface area contributed by atoms with Crippen LogP contribution < -0.4 is 10.6 Å². The van der Waals surface area contributed by atoms with Crippen LogP contribution in [-0.4, -0.2) is 39.6 Å². The number of rotatable bonds is 5. The molecule has 6 nitrogen and oxygen atoms in total. The summed E-state index contributed by atoms with van der Waals surface area (Å²) >= 11 is 0. The summed E-state index contributed by atoms with van der Waals surface area (Å²) in [6.07, 6.45) is 11.7. The monoisotopic (exact) mass is 398 g/mol. The van der Waals surface area contributed by atoms with Gasteiger partial charge in [-0.05, 0) is 25.8 Å². The van der Waals surface area contributed by atoms with Crippen LogP contribution in [0.4, 0.5) is 5.82 Å². The van der Waals surface area contributed by atoms with Crippen molar-refractivity contribution >= 4 is 30.6 Å². The van der Waals surface area contributed by atoms with Crippen LogP contribution in [0.25, 0.3) is 0 Å². The number of aromatic nitrogens is 4. The number of halogens is 2. The summed E-state index contributed by atoms with van der Waals surface area (Å²) in [6.45, 7) is 2.89. The molecule has 3 N–H and O–H groups in total. The van der Waals surface area contributed by atoms with E-state index in [0.717, 1.165) is 56.2 Å². The van der Waals surface area contributed by atoms with Crippen molar-refractivity contribution in [2.45, 2.75) is 50.9 Å². The zero-order valence-electron chi connectivity index (χ0n) is 15.0. The number of aromatic amines is 1. The molecule has 2 aliphatic rings. The molecule has 4 rings (SSSR count). The summed E-state index contributed by atoms with van der Waals surface area (Å²) in [5.74, 6) is 2.68. The molecule has 144 valence electrons. The van der Waals surface area contributed by atoms with Gasteiger partial charge in [-0.3, -0.25) is 0 Å². The first kappa shape index (κ1) is 20.9. The molecule has 1 aliphatic heterocycles. The predicted octanol–water partition coefficient (Wildman–Crippen LogP) is 3.04. The molecule has 0 atom stereocenters. The third kappa shape index (κ3) is 4.87. The third-order valence-corrected chi connectivity index (χ3v) is 5.16. The van der Waals surface area contributed by atoms with Gasteiger partial charge in [-0.25, -0.2) is 15.0 Å². The highest BCUT2D eigenvalue weighted by Crippen LogP contribution is 2.33. The van der Waals surface area contributed by atoms with Crippen molar-refractivity contribution in [1.29, 1.82) is 0 Å². The van der Waals surface area contributed by atoms with Crippen molar-refractivity contribution in [3.8, 4) is 0 Å². The van der Waals surface area contributed by atoms with Crippen molar-refractivity contribution in [3.05, 3.63) is 35.3 Å². The fraction of sp³-hybridized carbons (Fsp3) is 0.611. The van der Waals surface area contributed by atoms with Crippen LogP contribution in [0.3, 0.4) is 0 Å². The minimum Gasteiger partial charge on any atom is -0.369 e. The van der Waals surface area contributed by atoms with E-state index in [1.165, 1.54) is 36.9 Å². The van der Waals surface area contributed by atoms with Crippen LogP contribution in [-0.2, 0) is 19.3 Å². The van der Waals surface area contributed by atoms with E-state index in [1.807, 2.05) is 6.20 Å². The van der Waals surface area contributed by atoms with E-state index < -0.39 is 0 Å². The molecular formula is C18H28Cl2N6. The smallest absolute Gasteiger partial charge is 0.134 e. The molecular weight excluding hydrogens is 371 g/mol. The van der Waals surface area contributed by atoms with Gasteiger partial charge >= 0.3 is 0 Å². The van der Waals surface area contributed by atoms with Gasteiger partial charge in [0.2, 0.25) is 0 Å². The topological polar surface area (TPSA) is 78.5 Å². The molecule has 8 heteroatoms. The van der Waals surface area contributed by atoms with Gasteiger partial charge in [0.15, 0.2) is 0 Å². The summed E-state index contributed by atoms with van der Waals surface area (Å²) in [5, 5.41) is 7.06. The van der Waals surface area contributed by atoms with E-state index >= 15 is 0 Å². The first-order chi connectivity index (χ1) is 11.9. The van der Waals surface area contributed by atoms with Crippen molar-refractivity contribution in [1.82, 2.24) is 25.3 Å². The first-order valence-corrected chi connectivity index (χ1v) is 9.21. The second-order valence-electron chi connectivity index (χ2n) is 6.84. The predicted molar refractivity (Wildman–Crippen MR) is 109 cm³/mol. The van der Waals surface area contributed by atoms with Crippen LogP contribution in [0.5, 0.6) is 0 Å². The summed E-state index contributed by atoms with van der Waals surface area (Å²) in [5.41, 5.74) is 3.72. The highest BCUT2D eigenvalue weighted by Gasteiger charge is 2.23. The van der Waals surface area contributed by atoms with Gasteiger partial charge < -0.3 is 15.6 Å². The average molecular weight is 399 g/mol. The first-order valence-electron chi connectivity index (χ1n) is 9.21. The average Bonchev–Trinajstić information content (AvgIpc) is 3.25. The summed E-state index contributed by atoms with van der Waals surface area (Å²) in [7, 11) is 0. The fourth-order valence-electron chi connectivity index (χ4n) is 3.81. The van der Waals surface area contributed by atoms with Gasteiger partial charge in [0.1, 0.15) is 11.6 Å². The van der Waals surface area contributed by atoms with Crippen molar-refractivity contribution in [2.75, 3.05) is 25.0 Å². The Balaban J connectivity index is 0.00000121. The number of fused-ring (bicyclic) bond motifs is 1. The minimum absolute atomic E-state index is 0. The molecule has 1 saturated carbocycles. The largest absolute Gasteiger partial charge is 0.369 e. The van der Waals surface area contributed by atoms with Gasteiger partial charge in [0.25, 0.3) is 0 Å². The number of hydrogen-bond donors (Lipinski definition) is 3. The number of nitrogens with one attached hydrogen (secondary N) is 3. The van der Waals surface area contributed by atoms with Gasteiger partial charge in [0.05, 0.1) is 12.0 Å². The SMILES string of the molecule is Cl.Cl.c1ncc(CCNc2nc(C3CCCC3)nc3c2CCNCC3)[nH]1. The van der Waals surface area contributed by atoms with Gasteiger partial charge in [-0.2, -0.15) is 0 Å². The summed E-state index contributed by atoms with van der Waals surface area (Å²) in [4.78, 5) is 17.2. The normalized spacial score (nSPS) is 16.9. The number of hydrogen-bond acceptors (Lipinski definition) is 5. The summed E-state index contributed by atoms with van der Waals surface area (Å²) < 4.78 is 0. The van der Waals surface area contributed by atoms with Crippen LogP contribution in [0.2, 0.25) is 0 Å². The molecule has 1 aliphatic carbocycles. The molecule has 1 fully saturated rings. The van der Waals surface area contributed by atoms with E-state index in [-0.39, 0.29) is 24.8 Å². The lowest BCUT2D eigenvalue weighted by atomic mass is 10.0. The molecule has 0 saturated heterocycles. The minimum atomic E-state index is 0. The van der Waals surface area contributed by atoms with Crippen LogP contribution in [0.15, 0.2) is 12.5 Å². The third-order valence-electron chi connectivity index (χ3n) is 5.16. The highest BCUT2D eigenvalue weighted by atomic mass is 35.5. The lowest BCUT2D eigenvalue weighted by Crippen LogP contribution is -2.16. The fourth-order valence-corrected chi connectivity index (χ4v) is 3.81. The van der Waals surface area contributed by atoms with Crippen LogP contribution in [0.1, 0.15) is 54.4 Å².